The Bertz CT molecular complexity index is 346. The third kappa shape index (κ3) is 2.70. The van der Waals surface area contributed by atoms with Gasteiger partial charge in [0.25, 0.3) is 0 Å². The molecular formula is C9H13NO3S. The van der Waals surface area contributed by atoms with Crippen LogP contribution in [0.25, 0.3) is 0 Å². The molecule has 0 aliphatic heterocycles. The molecule has 0 aliphatic rings. The quantitative estimate of drug-likeness (QED) is 0.809. The van der Waals surface area contributed by atoms with Crippen LogP contribution >= 0.6 is 0 Å². The summed E-state index contributed by atoms with van der Waals surface area (Å²) in [6.07, 6.45) is 1.47. The molecule has 0 radical (unpaired) electrons. The molecule has 0 aromatic carbocycles. The maximum absolute atomic E-state index is 11.6. The Balaban J connectivity index is 2.59. The van der Waals surface area contributed by atoms with E-state index < -0.39 is 10.8 Å². The summed E-state index contributed by atoms with van der Waals surface area (Å²) in [5.41, 5.74) is 0. The predicted molar refractivity (Wildman–Crippen MR) is 53.4 cm³/mol. The zero-order valence-corrected chi connectivity index (χ0v) is 9.02. The summed E-state index contributed by atoms with van der Waals surface area (Å²) in [5.74, 6) is 0.396. The predicted octanol–water partition coefficient (Wildman–Crippen LogP) is 0.832. The summed E-state index contributed by atoms with van der Waals surface area (Å²) in [6.45, 7) is 4.11. The minimum absolute atomic E-state index is 0.00574. The SMILES string of the molecule is CCNC(=O)CS(=O)c1ccoc1C. The average molecular weight is 215 g/mol. The van der Waals surface area contributed by atoms with Crippen molar-refractivity contribution < 1.29 is 13.4 Å². The lowest BCUT2D eigenvalue weighted by Crippen LogP contribution is -2.27. The van der Waals surface area contributed by atoms with Crippen molar-refractivity contribution in [2.45, 2.75) is 18.7 Å². The maximum Gasteiger partial charge on any atom is 0.232 e. The Morgan fingerprint density at radius 2 is 2.36 bits per heavy atom. The van der Waals surface area contributed by atoms with Crippen LogP contribution in [0, 0.1) is 6.92 Å². The van der Waals surface area contributed by atoms with Gasteiger partial charge >= 0.3 is 0 Å². The van der Waals surface area contributed by atoms with Gasteiger partial charge < -0.3 is 9.73 Å². The molecule has 0 aliphatic carbocycles. The monoisotopic (exact) mass is 215 g/mol. The molecule has 0 bridgehead atoms. The fraction of sp³-hybridized carbons (Fsp3) is 0.444. The highest BCUT2D eigenvalue weighted by molar-refractivity contribution is 7.85. The lowest BCUT2D eigenvalue weighted by Gasteiger charge is -2.01. The van der Waals surface area contributed by atoms with Crippen molar-refractivity contribution >= 4 is 16.7 Å². The van der Waals surface area contributed by atoms with Crippen LogP contribution in [0.1, 0.15) is 12.7 Å². The van der Waals surface area contributed by atoms with E-state index in [1.807, 2.05) is 6.92 Å². The van der Waals surface area contributed by atoms with Crippen molar-refractivity contribution in [3.8, 4) is 0 Å². The lowest BCUT2D eigenvalue weighted by molar-refractivity contribution is -0.118. The third-order valence-electron chi connectivity index (χ3n) is 1.69. The van der Waals surface area contributed by atoms with Crippen LogP contribution < -0.4 is 5.32 Å². The standard InChI is InChI=1S/C9H13NO3S/c1-3-10-9(11)6-14(12)8-4-5-13-7(8)2/h4-5H,3,6H2,1-2H3,(H,10,11). The molecule has 1 rings (SSSR count). The number of rotatable bonds is 4. The van der Waals surface area contributed by atoms with Gasteiger partial charge in [-0.2, -0.15) is 0 Å². The molecule has 1 aromatic rings. The van der Waals surface area contributed by atoms with Gasteiger partial charge in [0, 0.05) is 6.54 Å². The molecule has 78 valence electrons. The normalized spacial score (nSPS) is 12.4. The molecule has 14 heavy (non-hydrogen) atoms. The number of hydrogen-bond donors (Lipinski definition) is 1. The summed E-state index contributed by atoms with van der Waals surface area (Å²) < 4.78 is 16.6. The van der Waals surface area contributed by atoms with Crippen LogP contribution in [0.2, 0.25) is 0 Å². The minimum atomic E-state index is -1.30. The summed E-state index contributed by atoms with van der Waals surface area (Å²) in [5, 5.41) is 2.60. The molecule has 5 heteroatoms. The highest BCUT2D eigenvalue weighted by atomic mass is 32.2. The molecule has 0 saturated heterocycles. The summed E-state index contributed by atoms with van der Waals surface area (Å²) >= 11 is 0. The first kappa shape index (κ1) is 11.0. The first-order chi connectivity index (χ1) is 6.65. The van der Waals surface area contributed by atoms with Crippen LogP contribution in [0.3, 0.4) is 0 Å². The molecule has 1 N–H and O–H groups in total. The fourth-order valence-electron chi connectivity index (χ4n) is 1.05. The third-order valence-corrected chi connectivity index (χ3v) is 3.13. The second kappa shape index (κ2) is 4.95. The van der Waals surface area contributed by atoms with E-state index in [1.165, 1.54) is 6.26 Å². The maximum atomic E-state index is 11.6. The van der Waals surface area contributed by atoms with Crippen molar-refractivity contribution in [2.75, 3.05) is 12.3 Å². The van der Waals surface area contributed by atoms with Crippen molar-refractivity contribution in [3.63, 3.8) is 0 Å². The number of furan rings is 1. The van der Waals surface area contributed by atoms with E-state index in [9.17, 15) is 9.00 Å². The first-order valence-corrected chi connectivity index (χ1v) is 5.66. The summed E-state index contributed by atoms with van der Waals surface area (Å²) in [6, 6.07) is 1.63. The van der Waals surface area contributed by atoms with Crippen molar-refractivity contribution in [1.29, 1.82) is 0 Å². The Hall–Kier alpha value is -1.10. The molecular weight excluding hydrogens is 202 g/mol. The van der Waals surface area contributed by atoms with Gasteiger partial charge in [0.1, 0.15) is 11.5 Å². The van der Waals surface area contributed by atoms with Crippen molar-refractivity contribution in [2.24, 2.45) is 0 Å². The topological polar surface area (TPSA) is 59.3 Å². The second-order valence-corrected chi connectivity index (χ2v) is 4.20. The average Bonchev–Trinajstić information content (AvgIpc) is 2.51. The molecule has 0 fully saturated rings. The largest absolute Gasteiger partial charge is 0.468 e. The van der Waals surface area contributed by atoms with Gasteiger partial charge in [-0.1, -0.05) is 0 Å². The molecule has 0 saturated carbocycles. The number of hydrogen-bond acceptors (Lipinski definition) is 3. The van der Waals surface area contributed by atoms with Crippen LogP contribution in [0.15, 0.2) is 21.6 Å². The Morgan fingerprint density at radius 3 is 2.86 bits per heavy atom. The van der Waals surface area contributed by atoms with Crippen molar-refractivity contribution in [1.82, 2.24) is 5.32 Å². The van der Waals surface area contributed by atoms with Crippen LogP contribution in [0.4, 0.5) is 0 Å². The van der Waals surface area contributed by atoms with Crippen LogP contribution in [-0.4, -0.2) is 22.4 Å². The van der Waals surface area contributed by atoms with Gasteiger partial charge in [0.15, 0.2) is 0 Å². The molecule has 1 atom stereocenters. The zero-order valence-electron chi connectivity index (χ0n) is 8.20. The molecule has 0 spiro atoms. The van der Waals surface area contributed by atoms with Crippen LogP contribution in [0.5, 0.6) is 0 Å². The van der Waals surface area contributed by atoms with E-state index in [1.54, 1.807) is 13.0 Å². The van der Waals surface area contributed by atoms with Gasteiger partial charge in [-0.15, -0.1) is 0 Å². The Morgan fingerprint density at radius 1 is 1.64 bits per heavy atom. The van der Waals surface area contributed by atoms with Gasteiger partial charge in [0.05, 0.1) is 22.0 Å². The van der Waals surface area contributed by atoms with Gasteiger partial charge in [0.2, 0.25) is 5.91 Å². The fourth-order valence-corrected chi connectivity index (χ4v) is 2.13. The van der Waals surface area contributed by atoms with E-state index in [-0.39, 0.29) is 11.7 Å². The molecule has 1 amide bonds. The Kier molecular flexibility index (Phi) is 3.88. The smallest absolute Gasteiger partial charge is 0.232 e. The highest BCUT2D eigenvalue weighted by Crippen LogP contribution is 2.13. The van der Waals surface area contributed by atoms with E-state index in [0.717, 1.165) is 0 Å². The summed E-state index contributed by atoms with van der Waals surface area (Å²) in [7, 11) is -1.30. The Labute approximate surface area is 85.1 Å². The second-order valence-electron chi connectivity index (χ2n) is 2.78. The van der Waals surface area contributed by atoms with Gasteiger partial charge in [-0.3, -0.25) is 9.00 Å². The number of amides is 1. The molecule has 1 aromatic heterocycles. The highest BCUT2D eigenvalue weighted by Gasteiger charge is 2.13. The molecule has 4 nitrogen and oxygen atoms in total. The number of nitrogens with one attached hydrogen (secondary N) is 1. The van der Waals surface area contributed by atoms with Gasteiger partial charge in [-0.25, -0.2) is 0 Å². The van der Waals surface area contributed by atoms with E-state index in [0.29, 0.717) is 17.2 Å². The van der Waals surface area contributed by atoms with Gasteiger partial charge in [-0.05, 0) is 19.9 Å². The number of carbonyl (C=O) groups is 1. The minimum Gasteiger partial charge on any atom is -0.468 e. The number of carbonyl (C=O) groups excluding carboxylic acids is 1. The van der Waals surface area contributed by atoms with Crippen molar-refractivity contribution in [3.05, 3.63) is 18.1 Å². The van der Waals surface area contributed by atoms with E-state index in [2.05, 4.69) is 5.32 Å². The summed E-state index contributed by atoms with van der Waals surface area (Å²) in [4.78, 5) is 11.7. The van der Waals surface area contributed by atoms with E-state index >= 15 is 0 Å². The van der Waals surface area contributed by atoms with E-state index in [4.69, 9.17) is 4.42 Å². The molecule has 1 heterocycles. The zero-order chi connectivity index (χ0) is 10.6. The first-order valence-electron chi connectivity index (χ1n) is 4.34. The number of aryl methyl sites for hydroxylation is 1. The molecule has 1 unspecified atom stereocenters. The van der Waals surface area contributed by atoms with Crippen LogP contribution in [-0.2, 0) is 15.6 Å². The lowest BCUT2D eigenvalue weighted by atomic mass is 10.5.